The molecular weight excluding hydrogens is 272 g/mol. The minimum absolute atomic E-state index is 0.0671. The quantitative estimate of drug-likeness (QED) is 0.511. The number of ketones is 1. The second-order valence-electron chi connectivity index (χ2n) is 4.15. The van der Waals surface area contributed by atoms with Gasteiger partial charge in [0.05, 0.1) is 28.6 Å². The van der Waals surface area contributed by atoms with E-state index in [-0.39, 0.29) is 22.8 Å². The molecule has 0 aliphatic carbocycles. The van der Waals surface area contributed by atoms with E-state index in [0.29, 0.717) is 5.56 Å². The second kappa shape index (κ2) is 6.04. The van der Waals surface area contributed by atoms with E-state index < -0.39 is 5.91 Å². The minimum Gasteiger partial charge on any atom is -0.316 e. The number of allylic oxidation sites excluding steroid dienone is 2. The highest BCUT2D eigenvalue weighted by Crippen LogP contribution is 2.10. The summed E-state index contributed by atoms with van der Waals surface area (Å²) in [6, 6.07) is 8.99. The Kier molecular flexibility index (Phi) is 4.18. The van der Waals surface area contributed by atoms with Gasteiger partial charge in [-0.05, 0) is 23.8 Å². The average Bonchev–Trinajstić information content (AvgIpc) is 2.42. The molecule has 1 aliphatic rings. The van der Waals surface area contributed by atoms with E-state index in [0.717, 1.165) is 5.56 Å². The SMILES string of the molecule is N#Cc1ccc(/C=C/C=C2\C(=O)CC(=S)NC2=O)cc1. The van der Waals surface area contributed by atoms with Gasteiger partial charge in [-0.25, -0.2) is 0 Å². The third-order valence-corrected chi connectivity index (χ3v) is 2.96. The van der Waals surface area contributed by atoms with Gasteiger partial charge in [-0.3, -0.25) is 9.59 Å². The van der Waals surface area contributed by atoms with Crippen molar-refractivity contribution < 1.29 is 9.59 Å². The maximum Gasteiger partial charge on any atom is 0.259 e. The van der Waals surface area contributed by atoms with E-state index in [9.17, 15) is 9.59 Å². The number of Topliss-reactive ketones (excluding diaryl/α,β-unsaturated/α-hetero) is 1. The molecule has 20 heavy (non-hydrogen) atoms. The zero-order valence-corrected chi connectivity index (χ0v) is 11.2. The number of carbonyl (C=O) groups excluding carboxylic acids is 2. The molecule has 0 radical (unpaired) electrons. The number of nitriles is 1. The van der Waals surface area contributed by atoms with Gasteiger partial charge in [0.2, 0.25) is 0 Å². The summed E-state index contributed by atoms with van der Waals surface area (Å²) in [6.07, 6.45) is 4.92. The lowest BCUT2D eigenvalue weighted by Gasteiger charge is -2.13. The number of hydrogen-bond acceptors (Lipinski definition) is 4. The Labute approximate surface area is 121 Å². The lowest BCUT2D eigenvalue weighted by molar-refractivity contribution is -0.122. The van der Waals surface area contributed by atoms with Crippen molar-refractivity contribution in [1.82, 2.24) is 5.32 Å². The van der Waals surface area contributed by atoms with E-state index >= 15 is 0 Å². The molecule has 1 aromatic carbocycles. The largest absolute Gasteiger partial charge is 0.316 e. The van der Waals surface area contributed by atoms with Crippen LogP contribution in [0.3, 0.4) is 0 Å². The number of rotatable bonds is 2. The molecule has 1 amide bonds. The number of piperidine rings is 1. The van der Waals surface area contributed by atoms with E-state index in [4.69, 9.17) is 17.5 Å². The van der Waals surface area contributed by atoms with E-state index in [1.165, 1.54) is 6.08 Å². The molecule has 0 spiro atoms. The Bertz CT molecular complexity index is 657. The molecular formula is C15H10N2O2S. The van der Waals surface area contributed by atoms with Gasteiger partial charge in [-0.2, -0.15) is 5.26 Å². The van der Waals surface area contributed by atoms with Crippen LogP contribution in [0.1, 0.15) is 17.5 Å². The highest BCUT2D eigenvalue weighted by Gasteiger charge is 2.25. The van der Waals surface area contributed by atoms with E-state index in [1.54, 1.807) is 36.4 Å². The summed E-state index contributed by atoms with van der Waals surface area (Å²) in [5.74, 6) is -0.737. The predicted octanol–water partition coefficient (Wildman–Crippen LogP) is 1.91. The fourth-order valence-corrected chi connectivity index (χ4v) is 1.92. The number of nitrogens with one attached hydrogen (secondary N) is 1. The Morgan fingerprint density at radius 3 is 2.55 bits per heavy atom. The van der Waals surface area contributed by atoms with Crippen LogP contribution in [0.25, 0.3) is 6.08 Å². The first-order valence-corrected chi connectivity index (χ1v) is 6.27. The Balaban J connectivity index is 2.13. The van der Waals surface area contributed by atoms with Crippen molar-refractivity contribution in [2.75, 3.05) is 0 Å². The maximum absolute atomic E-state index is 11.7. The molecule has 1 heterocycles. The van der Waals surface area contributed by atoms with Crippen LogP contribution in [0.2, 0.25) is 0 Å². The molecule has 0 atom stereocenters. The van der Waals surface area contributed by atoms with Gasteiger partial charge in [0, 0.05) is 0 Å². The van der Waals surface area contributed by atoms with Crippen molar-refractivity contribution in [1.29, 1.82) is 5.26 Å². The molecule has 5 heteroatoms. The summed E-state index contributed by atoms with van der Waals surface area (Å²) in [5.41, 5.74) is 1.55. The van der Waals surface area contributed by atoms with Crippen molar-refractivity contribution in [2.45, 2.75) is 6.42 Å². The molecule has 0 saturated carbocycles. The zero-order valence-electron chi connectivity index (χ0n) is 10.4. The van der Waals surface area contributed by atoms with Gasteiger partial charge < -0.3 is 5.32 Å². The first-order chi connectivity index (χ1) is 9.60. The smallest absolute Gasteiger partial charge is 0.259 e. The Hall–Kier alpha value is -2.58. The number of carbonyl (C=O) groups is 2. The number of nitrogens with zero attached hydrogens (tertiary/aromatic N) is 1. The highest BCUT2D eigenvalue weighted by molar-refractivity contribution is 7.80. The fraction of sp³-hybridized carbons (Fsp3) is 0.0667. The Morgan fingerprint density at radius 2 is 1.95 bits per heavy atom. The van der Waals surface area contributed by atoms with Gasteiger partial charge >= 0.3 is 0 Å². The molecule has 1 saturated heterocycles. The number of benzene rings is 1. The lowest BCUT2D eigenvalue weighted by Crippen LogP contribution is -2.39. The standard InChI is InChI=1S/C15H10N2O2S/c16-9-11-6-4-10(5-7-11)2-1-3-12-13(18)8-14(20)17-15(12)19/h1-7H,8H2,(H,17,19,20)/b2-1+,12-3+. The van der Waals surface area contributed by atoms with Crippen LogP contribution in [0.4, 0.5) is 0 Å². The van der Waals surface area contributed by atoms with Gasteiger partial charge in [0.1, 0.15) is 0 Å². The normalized spacial score (nSPS) is 17.4. The summed E-state index contributed by atoms with van der Waals surface area (Å²) in [6.45, 7) is 0. The molecule has 1 fully saturated rings. The van der Waals surface area contributed by atoms with Crippen molar-refractivity contribution in [2.24, 2.45) is 0 Å². The van der Waals surface area contributed by atoms with Crippen molar-refractivity contribution in [3.05, 3.63) is 53.1 Å². The molecule has 0 unspecified atom stereocenters. The lowest BCUT2D eigenvalue weighted by atomic mass is 10.0. The zero-order chi connectivity index (χ0) is 14.5. The topological polar surface area (TPSA) is 70.0 Å². The summed E-state index contributed by atoms with van der Waals surface area (Å²) in [4.78, 5) is 23.5. The minimum atomic E-state index is -0.462. The summed E-state index contributed by atoms with van der Waals surface area (Å²) >= 11 is 4.80. The summed E-state index contributed by atoms with van der Waals surface area (Å²) in [7, 11) is 0. The molecule has 1 N–H and O–H groups in total. The van der Waals surface area contributed by atoms with Crippen molar-refractivity contribution >= 4 is 35.0 Å². The van der Waals surface area contributed by atoms with Crippen LogP contribution < -0.4 is 5.32 Å². The Morgan fingerprint density at radius 1 is 1.25 bits per heavy atom. The van der Waals surface area contributed by atoms with Crippen LogP contribution >= 0.6 is 12.2 Å². The van der Waals surface area contributed by atoms with E-state index in [1.807, 2.05) is 6.07 Å². The molecule has 98 valence electrons. The van der Waals surface area contributed by atoms with Crippen molar-refractivity contribution in [3.63, 3.8) is 0 Å². The third kappa shape index (κ3) is 3.25. The fourth-order valence-electron chi connectivity index (χ4n) is 1.70. The number of amides is 1. The van der Waals surface area contributed by atoms with E-state index in [2.05, 4.69) is 5.32 Å². The van der Waals surface area contributed by atoms with Crippen LogP contribution in [0, 0.1) is 11.3 Å². The molecule has 0 aromatic heterocycles. The molecule has 4 nitrogen and oxygen atoms in total. The third-order valence-electron chi connectivity index (χ3n) is 2.71. The van der Waals surface area contributed by atoms with Crippen LogP contribution in [-0.2, 0) is 9.59 Å². The van der Waals surface area contributed by atoms with Crippen molar-refractivity contribution in [3.8, 4) is 6.07 Å². The summed E-state index contributed by atoms with van der Waals surface area (Å²) < 4.78 is 0. The van der Waals surface area contributed by atoms with Crippen LogP contribution in [-0.4, -0.2) is 16.7 Å². The van der Waals surface area contributed by atoms with Crippen LogP contribution in [0.5, 0.6) is 0 Å². The maximum atomic E-state index is 11.7. The molecule has 1 aromatic rings. The van der Waals surface area contributed by atoms with Gasteiger partial charge in [0.25, 0.3) is 5.91 Å². The van der Waals surface area contributed by atoms with Gasteiger partial charge in [0.15, 0.2) is 5.78 Å². The van der Waals surface area contributed by atoms with Gasteiger partial charge in [-0.15, -0.1) is 0 Å². The first-order valence-electron chi connectivity index (χ1n) is 5.86. The first kappa shape index (κ1) is 13.8. The number of hydrogen-bond donors (Lipinski definition) is 1. The molecule has 1 aliphatic heterocycles. The molecule has 0 bridgehead atoms. The van der Waals surface area contributed by atoms with Crippen LogP contribution in [0.15, 0.2) is 42.0 Å². The average molecular weight is 282 g/mol. The van der Waals surface area contributed by atoms with Gasteiger partial charge in [-0.1, -0.05) is 36.5 Å². The summed E-state index contributed by atoms with van der Waals surface area (Å²) in [5, 5.41) is 11.1. The highest BCUT2D eigenvalue weighted by atomic mass is 32.1. The number of thiocarbonyl (C=S) groups is 1. The second-order valence-corrected chi connectivity index (χ2v) is 4.64. The predicted molar refractivity (Wildman–Crippen MR) is 78.6 cm³/mol. The molecule has 2 rings (SSSR count). The monoisotopic (exact) mass is 282 g/mol.